The topological polar surface area (TPSA) is 37.6 Å². The normalized spacial score (nSPS) is 34.0. The molecule has 148 valence electrons. The van der Waals surface area contributed by atoms with Gasteiger partial charge in [0.1, 0.15) is 6.10 Å². The van der Waals surface area contributed by atoms with Gasteiger partial charge in [-0.2, -0.15) is 0 Å². The summed E-state index contributed by atoms with van der Waals surface area (Å²) in [7, 11) is 4.47. The average Bonchev–Trinajstić information content (AvgIpc) is 3.19. The first-order valence-electron chi connectivity index (χ1n) is 10.8. The molecule has 1 N–H and O–H groups in total. The molecule has 2 aliphatic heterocycles. The molecule has 3 heterocycles. The fraction of sp³-hybridized carbons (Fsp3) is 0.440. The van der Waals surface area contributed by atoms with Gasteiger partial charge in [0, 0.05) is 35.0 Å². The van der Waals surface area contributed by atoms with Crippen LogP contribution in [-0.2, 0) is 25.3 Å². The molecule has 4 aliphatic rings. The zero-order valence-corrected chi connectivity index (χ0v) is 17.2. The molecule has 0 radical (unpaired) electrons. The molecule has 0 saturated carbocycles. The minimum Gasteiger partial charge on any atom is -0.504 e. The fourth-order valence-electron chi connectivity index (χ4n) is 7.69. The van der Waals surface area contributed by atoms with E-state index in [-0.39, 0.29) is 16.9 Å². The van der Waals surface area contributed by atoms with Crippen molar-refractivity contribution in [2.24, 2.45) is 12.5 Å². The lowest BCUT2D eigenvalue weighted by atomic mass is 9.44. The van der Waals surface area contributed by atoms with E-state index in [4.69, 9.17) is 4.74 Å². The first-order chi connectivity index (χ1) is 14.0. The van der Waals surface area contributed by atoms with Crippen LogP contribution in [0.5, 0.6) is 11.5 Å². The van der Waals surface area contributed by atoms with Crippen LogP contribution < -0.4 is 4.74 Å². The third-order valence-corrected chi connectivity index (χ3v) is 8.96. The van der Waals surface area contributed by atoms with Crippen molar-refractivity contribution in [2.75, 3.05) is 13.6 Å². The SMILES string of the molecule is CN1CCC23c4c5ccc(O)c4OC2c2c(c4ccccc4n2C)CC3(C)C1C5. The highest BCUT2D eigenvalue weighted by atomic mass is 16.5. The Morgan fingerprint density at radius 3 is 2.83 bits per heavy atom. The summed E-state index contributed by atoms with van der Waals surface area (Å²) in [5, 5.41) is 12.1. The highest BCUT2D eigenvalue weighted by Crippen LogP contribution is 2.72. The lowest BCUT2D eigenvalue weighted by Crippen LogP contribution is -2.68. The number of aryl methyl sites for hydroxylation is 1. The van der Waals surface area contributed by atoms with Crippen LogP contribution in [0.4, 0.5) is 0 Å². The third kappa shape index (κ3) is 1.55. The third-order valence-electron chi connectivity index (χ3n) is 8.96. The van der Waals surface area contributed by atoms with Gasteiger partial charge in [0.05, 0.1) is 11.1 Å². The van der Waals surface area contributed by atoms with E-state index in [0.717, 1.165) is 31.6 Å². The number of hydrogen-bond acceptors (Lipinski definition) is 3. The summed E-state index contributed by atoms with van der Waals surface area (Å²) in [4.78, 5) is 2.58. The van der Waals surface area contributed by atoms with Gasteiger partial charge in [-0.1, -0.05) is 31.2 Å². The Hall–Kier alpha value is -2.46. The molecule has 2 aromatic carbocycles. The van der Waals surface area contributed by atoms with Crippen LogP contribution in [0.25, 0.3) is 10.9 Å². The first-order valence-corrected chi connectivity index (χ1v) is 10.8. The number of likely N-dealkylation sites (tertiary alicyclic amines) is 1. The van der Waals surface area contributed by atoms with Crippen molar-refractivity contribution in [3.8, 4) is 11.5 Å². The predicted molar refractivity (Wildman–Crippen MR) is 113 cm³/mol. The number of phenols is 1. The van der Waals surface area contributed by atoms with Gasteiger partial charge in [0.2, 0.25) is 0 Å². The molecule has 4 nitrogen and oxygen atoms in total. The Kier molecular flexibility index (Phi) is 2.71. The quantitative estimate of drug-likeness (QED) is 0.633. The van der Waals surface area contributed by atoms with Gasteiger partial charge in [-0.25, -0.2) is 0 Å². The minimum absolute atomic E-state index is 0.0350. The van der Waals surface area contributed by atoms with Crippen molar-refractivity contribution < 1.29 is 9.84 Å². The highest BCUT2D eigenvalue weighted by Gasteiger charge is 2.70. The van der Waals surface area contributed by atoms with E-state index >= 15 is 0 Å². The number of fused-ring (bicyclic) bond motifs is 4. The average molecular weight is 386 g/mol. The maximum atomic E-state index is 10.8. The molecule has 7 rings (SSSR count). The maximum Gasteiger partial charge on any atom is 0.166 e. The van der Waals surface area contributed by atoms with Crippen LogP contribution >= 0.6 is 0 Å². The zero-order valence-electron chi connectivity index (χ0n) is 17.2. The van der Waals surface area contributed by atoms with Gasteiger partial charge in [0.25, 0.3) is 0 Å². The molecule has 4 unspecified atom stereocenters. The number of aromatic hydroxyl groups is 1. The molecule has 1 saturated heterocycles. The summed E-state index contributed by atoms with van der Waals surface area (Å²) < 4.78 is 9.11. The smallest absolute Gasteiger partial charge is 0.166 e. The van der Waals surface area contributed by atoms with E-state index in [1.807, 2.05) is 6.07 Å². The van der Waals surface area contributed by atoms with E-state index in [9.17, 15) is 5.11 Å². The number of aromatic nitrogens is 1. The summed E-state index contributed by atoms with van der Waals surface area (Å²) in [5.41, 5.74) is 6.73. The van der Waals surface area contributed by atoms with Crippen molar-refractivity contribution in [1.29, 1.82) is 0 Å². The molecule has 1 spiro atoms. The monoisotopic (exact) mass is 386 g/mol. The molecule has 29 heavy (non-hydrogen) atoms. The standard InChI is InChI=1S/C25H26N2O2/c1-24-13-16-15-6-4-5-7-17(15)27(3)21(16)23-25(24)10-11-26(2)19(24)12-14-8-9-18(28)22(29-23)20(14)25/h4-9,19,23,28H,10-13H2,1-3H3. The second-order valence-electron chi connectivity index (χ2n) is 9.90. The minimum atomic E-state index is -0.0685. The number of piperidine rings is 1. The summed E-state index contributed by atoms with van der Waals surface area (Å²) in [6, 6.07) is 13.2. The van der Waals surface area contributed by atoms with Crippen LogP contribution in [0.15, 0.2) is 36.4 Å². The van der Waals surface area contributed by atoms with Gasteiger partial charge in [-0.05, 0) is 56.1 Å². The van der Waals surface area contributed by atoms with Crippen LogP contribution in [0.3, 0.4) is 0 Å². The van der Waals surface area contributed by atoms with E-state index < -0.39 is 0 Å². The molecule has 0 amide bonds. The zero-order chi connectivity index (χ0) is 19.7. The van der Waals surface area contributed by atoms with E-state index in [1.54, 1.807) is 0 Å². The maximum absolute atomic E-state index is 10.8. The number of ether oxygens (including phenoxy) is 1. The lowest BCUT2D eigenvalue weighted by Gasteiger charge is -2.64. The molecule has 3 aromatic rings. The van der Waals surface area contributed by atoms with E-state index in [1.165, 1.54) is 33.3 Å². The largest absolute Gasteiger partial charge is 0.504 e. The molecule has 2 aliphatic carbocycles. The van der Waals surface area contributed by atoms with E-state index in [2.05, 4.69) is 60.8 Å². The Balaban J connectivity index is 1.64. The number of nitrogens with zero attached hydrogens (tertiary/aromatic N) is 2. The molecule has 4 heteroatoms. The number of phenolic OH excluding ortho intramolecular Hbond substituents is 1. The lowest BCUT2D eigenvalue weighted by molar-refractivity contribution is -0.0912. The molecule has 1 fully saturated rings. The van der Waals surface area contributed by atoms with Crippen LogP contribution in [0.1, 0.15) is 41.8 Å². The fourth-order valence-corrected chi connectivity index (χ4v) is 7.69. The van der Waals surface area contributed by atoms with Crippen molar-refractivity contribution >= 4 is 10.9 Å². The number of benzene rings is 2. The number of rotatable bonds is 0. The molecule has 2 bridgehead atoms. The van der Waals surface area contributed by atoms with Crippen LogP contribution in [-0.4, -0.2) is 34.2 Å². The molecule has 1 aromatic heterocycles. The van der Waals surface area contributed by atoms with Gasteiger partial charge in [0.15, 0.2) is 11.5 Å². The van der Waals surface area contributed by atoms with Gasteiger partial charge < -0.3 is 19.3 Å². The first kappa shape index (κ1) is 16.3. The summed E-state index contributed by atoms with van der Waals surface area (Å²) in [5.74, 6) is 1.05. The summed E-state index contributed by atoms with van der Waals surface area (Å²) in [6.45, 7) is 3.57. The number of para-hydroxylation sites is 1. The Bertz CT molecular complexity index is 1230. The summed E-state index contributed by atoms with van der Waals surface area (Å²) in [6.07, 6.45) is 3.14. The van der Waals surface area contributed by atoms with Gasteiger partial charge in [-0.15, -0.1) is 0 Å². The Morgan fingerprint density at radius 2 is 1.97 bits per heavy atom. The van der Waals surface area contributed by atoms with Crippen molar-refractivity contribution in [1.82, 2.24) is 9.47 Å². The van der Waals surface area contributed by atoms with Crippen molar-refractivity contribution in [3.05, 3.63) is 58.8 Å². The molecular formula is C25H26N2O2. The van der Waals surface area contributed by atoms with Gasteiger partial charge in [-0.3, -0.25) is 0 Å². The second-order valence-corrected chi connectivity index (χ2v) is 9.90. The Labute approximate surface area is 170 Å². The highest BCUT2D eigenvalue weighted by molar-refractivity contribution is 5.87. The Morgan fingerprint density at radius 1 is 1.14 bits per heavy atom. The summed E-state index contributed by atoms with van der Waals surface area (Å²) >= 11 is 0. The number of hydrogen-bond donors (Lipinski definition) is 1. The van der Waals surface area contributed by atoms with E-state index in [0.29, 0.717) is 11.8 Å². The predicted octanol–water partition coefficient (Wildman–Crippen LogP) is 4.08. The van der Waals surface area contributed by atoms with Crippen molar-refractivity contribution in [2.45, 2.75) is 43.7 Å². The van der Waals surface area contributed by atoms with Crippen LogP contribution in [0, 0.1) is 5.41 Å². The van der Waals surface area contributed by atoms with Gasteiger partial charge >= 0.3 is 0 Å². The number of likely N-dealkylation sites (N-methyl/N-ethyl adjacent to an activating group) is 1. The molecule has 4 atom stereocenters. The second kappa shape index (κ2) is 4.81. The van der Waals surface area contributed by atoms with Crippen LogP contribution in [0.2, 0.25) is 0 Å². The molecular weight excluding hydrogens is 360 g/mol. The van der Waals surface area contributed by atoms with Crippen molar-refractivity contribution in [3.63, 3.8) is 0 Å².